The Morgan fingerprint density at radius 2 is 2.20 bits per heavy atom. The number of nitrogen functional groups attached to an aromatic ring is 1. The monoisotopic (exact) mass is 205 g/mol. The lowest BCUT2D eigenvalue weighted by molar-refractivity contribution is 0.630. The van der Waals surface area contributed by atoms with E-state index >= 15 is 0 Å². The standard InChI is InChI=1S/C11H12FN3/c1-15-9(5-6-14-15)7-8-3-2-4-10(12)11(8)13/h2-6H,7,13H2,1H3. The van der Waals surface area contributed by atoms with Gasteiger partial charge in [0.25, 0.3) is 0 Å². The number of aromatic nitrogens is 2. The van der Waals surface area contributed by atoms with Gasteiger partial charge in [0, 0.05) is 25.4 Å². The van der Waals surface area contributed by atoms with Gasteiger partial charge in [-0.1, -0.05) is 12.1 Å². The summed E-state index contributed by atoms with van der Waals surface area (Å²) in [5.41, 5.74) is 7.66. The van der Waals surface area contributed by atoms with Crippen LogP contribution in [0.2, 0.25) is 0 Å². The predicted octanol–water partition coefficient (Wildman–Crippen LogP) is 1.73. The van der Waals surface area contributed by atoms with Crippen molar-refractivity contribution in [2.45, 2.75) is 6.42 Å². The SMILES string of the molecule is Cn1nccc1Cc1cccc(F)c1N. The number of nitrogens with two attached hydrogens (primary N) is 1. The van der Waals surface area contributed by atoms with E-state index in [1.165, 1.54) is 6.07 Å². The molecule has 2 N–H and O–H groups in total. The number of nitrogens with zero attached hydrogens (tertiary/aromatic N) is 2. The van der Waals surface area contributed by atoms with Crippen molar-refractivity contribution in [3.8, 4) is 0 Å². The molecule has 4 heteroatoms. The van der Waals surface area contributed by atoms with Gasteiger partial charge in [0.2, 0.25) is 0 Å². The van der Waals surface area contributed by atoms with E-state index in [2.05, 4.69) is 5.10 Å². The molecule has 1 heterocycles. The van der Waals surface area contributed by atoms with E-state index in [9.17, 15) is 4.39 Å². The van der Waals surface area contributed by atoms with Crippen molar-refractivity contribution in [1.29, 1.82) is 0 Å². The summed E-state index contributed by atoms with van der Waals surface area (Å²) >= 11 is 0. The molecular formula is C11H12FN3. The van der Waals surface area contributed by atoms with Gasteiger partial charge in [0.05, 0.1) is 5.69 Å². The van der Waals surface area contributed by atoms with Gasteiger partial charge in [-0.2, -0.15) is 5.10 Å². The van der Waals surface area contributed by atoms with E-state index in [0.717, 1.165) is 11.3 Å². The van der Waals surface area contributed by atoms with Crippen molar-refractivity contribution in [2.75, 3.05) is 5.73 Å². The first kappa shape index (κ1) is 9.71. The molecule has 2 aromatic rings. The average molecular weight is 205 g/mol. The van der Waals surface area contributed by atoms with Crippen LogP contribution in [0, 0.1) is 5.82 Å². The number of anilines is 1. The van der Waals surface area contributed by atoms with E-state index < -0.39 is 0 Å². The van der Waals surface area contributed by atoms with Gasteiger partial charge >= 0.3 is 0 Å². The molecule has 1 aromatic heterocycles. The van der Waals surface area contributed by atoms with Crippen molar-refractivity contribution < 1.29 is 4.39 Å². The summed E-state index contributed by atoms with van der Waals surface area (Å²) in [4.78, 5) is 0. The summed E-state index contributed by atoms with van der Waals surface area (Å²) in [6.07, 6.45) is 2.31. The van der Waals surface area contributed by atoms with E-state index in [-0.39, 0.29) is 11.5 Å². The lowest BCUT2D eigenvalue weighted by Gasteiger charge is -2.06. The molecule has 0 bridgehead atoms. The average Bonchev–Trinajstić information content (AvgIpc) is 2.60. The Morgan fingerprint density at radius 3 is 2.87 bits per heavy atom. The fraction of sp³-hybridized carbons (Fsp3) is 0.182. The second-order valence-electron chi connectivity index (χ2n) is 3.44. The van der Waals surface area contributed by atoms with Gasteiger partial charge in [-0.3, -0.25) is 4.68 Å². The van der Waals surface area contributed by atoms with Crippen LogP contribution in [0.25, 0.3) is 0 Å². The highest BCUT2D eigenvalue weighted by atomic mass is 19.1. The molecule has 0 spiro atoms. The Bertz CT molecular complexity index is 476. The van der Waals surface area contributed by atoms with Crippen LogP contribution in [0.5, 0.6) is 0 Å². The molecule has 0 aliphatic carbocycles. The van der Waals surface area contributed by atoms with Crippen molar-refractivity contribution >= 4 is 5.69 Å². The summed E-state index contributed by atoms with van der Waals surface area (Å²) in [5, 5.41) is 4.05. The van der Waals surface area contributed by atoms with Crippen molar-refractivity contribution in [2.24, 2.45) is 7.05 Å². The van der Waals surface area contributed by atoms with Crippen LogP contribution in [0.15, 0.2) is 30.5 Å². The highest BCUT2D eigenvalue weighted by molar-refractivity contribution is 5.49. The Balaban J connectivity index is 2.33. The Morgan fingerprint density at radius 1 is 1.40 bits per heavy atom. The van der Waals surface area contributed by atoms with E-state index in [1.807, 2.05) is 19.2 Å². The smallest absolute Gasteiger partial charge is 0.146 e. The normalized spacial score (nSPS) is 10.5. The maximum atomic E-state index is 13.2. The molecule has 0 saturated carbocycles. The summed E-state index contributed by atoms with van der Waals surface area (Å²) in [5.74, 6) is -0.366. The van der Waals surface area contributed by atoms with Crippen LogP contribution in [0.4, 0.5) is 10.1 Å². The highest BCUT2D eigenvalue weighted by Crippen LogP contribution is 2.18. The zero-order valence-corrected chi connectivity index (χ0v) is 8.44. The fourth-order valence-corrected chi connectivity index (χ4v) is 1.51. The number of hydrogen-bond acceptors (Lipinski definition) is 2. The van der Waals surface area contributed by atoms with Crippen molar-refractivity contribution in [3.63, 3.8) is 0 Å². The van der Waals surface area contributed by atoms with E-state index in [0.29, 0.717) is 6.42 Å². The van der Waals surface area contributed by atoms with Crippen LogP contribution in [-0.2, 0) is 13.5 Å². The fourth-order valence-electron chi connectivity index (χ4n) is 1.51. The second kappa shape index (κ2) is 3.73. The molecule has 15 heavy (non-hydrogen) atoms. The quantitative estimate of drug-likeness (QED) is 0.759. The highest BCUT2D eigenvalue weighted by Gasteiger charge is 2.06. The zero-order chi connectivity index (χ0) is 10.8. The third-order valence-corrected chi connectivity index (χ3v) is 2.44. The number of halogens is 1. The minimum atomic E-state index is -0.366. The second-order valence-corrected chi connectivity index (χ2v) is 3.44. The first-order valence-electron chi connectivity index (χ1n) is 4.68. The Labute approximate surface area is 87.3 Å². The molecule has 1 aromatic carbocycles. The predicted molar refractivity (Wildman–Crippen MR) is 56.8 cm³/mol. The molecule has 0 aliphatic heterocycles. The largest absolute Gasteiger partial charge is 0.396 e. The number of rotatable bonds is 2. The van der Waals surface area contributed by atoms with Crippen LogP contribution < -0.4 is 5.73 Å². The van der Waals surface area contributed by atoms with Crippen molar-refractivity contribution in [3.05, 3.63) is 47.5 Å². The molecule has 0 fully saturated rings. The van der Waals surface area contributed by atoms with Gasteiger partial charge in [0.15, 0.2) is 0 Å². The molecule has 0 atom stereocenters. The molecular weight excluding hydrogens is 193 g/mol. The number of aryl methyl sites for hydroxylation is 1. The van der Waals surface area contributed by atoms with Gasteiger partial charge in [0.1, 0.15) is 5.82 Å². The van der Waals surface area contributed by atoms with Crippen LogP contribution in [0.1, 0.15) is 11.3 Å². The lowest BCUT2D eigenvalue weighted by Crippen LogP contribution is -2.03. The van der Waals surface area contributed by atoms with Gasteiger partial charge in [-0.15, -0.1) is 0 Å². The first-order valence-corrected chi connectivity index (χ1v) is 4.68. The number of hydrogen-bond donors (Lipinski definition) is 1. The van der Waals surface area contributed by atoms with E-state index in [4.69, 9.17) is 5.73 Å². The van der Waals surface area contributed by atoms with Crippen LogP contribution in [0.3, 0.4) is 0 Å². The summed E-state index contributed by atoms with van der Waals surface area (Å²) in [6, 6.07) is 6.75. The molecule has 3 nitrogen and oxygen atoms in total. The maximum absolute atomic E-state index is 13.2. The minimum Gasteiger partial charge on any atom is -0.396 e. The third kappa shape index (κ3) is 1.83. The van der Waals surface area contributed by atoms with Gasteiger partial charge in [-0.25, -0.2) is 4.39 Å². The number of benzene rings is 1. The minimum absolute atomic E-state index is 0.221. The number of para-hydroxylation sites is 1. The first-order chi connectivity index (χ1) is 7.18. The lowest BCUT2D eigenvalue weighted by atomic mass is 10.1. The molecule has 2 rings (SSSR count). The summed E-state index contributed by atoms with van der Waals surface area (Å²) < 4.78 is 14.9. The van der Waals surface area contributed by atoms with Crippen molar-refractivity contribution in [1.82, 2.24) is 9.78 Å². The molecule has 0 unspecified atom stereocenters. The van der Waals surface area contributed by atoms with Gasteiger partial charge in [-0.05, 0) is 17.7 Å². The summed E-state index contributed by atoms with van der Waals surface area (Å²) in [7, 11) is 1.85. The molecule has 0 aliphatic rings. The van der Waals surface area contributed by atoms with Crippen LogP contribution >= 0.6 is 0 Å². The Hall–Kier alpha value is -1.84. The zero-order valence-electron chi connectivity index (χ0n) is 8.44. The summed E-state index contributed by atoms with van der Waals surface area (Å²) in [6.45, 7) is 0. The molecule has 78 valence electrons. The molecule has 0 saturated heterocycles. The van der Waals surface area contributed by atoms with E-state index in [1.54, 1.807) is 16.9 Å². The maximum Gasteiger partial charge on any atom is 0.146 e. The topological polar surface area (TPSA) is 43.8 Å². The third-order valence-electron chi connectivity index (χ3n) is 2.44. The molecule has 0 radical (unpaired) electrons. The molecule has 0 amide bonds. The van der Waals surface area contributed by atoms with Crippen LogP contribution in [-0.4, -0.2) is 9.78 Å². The van der Waals surface area contributed by atoms with Gasteiger partial charge < -0.3 is 5.73 Å². The Kier molecular flexibility index (Phi) is 2.41.